The molecule has 32 heavy (non-hydrogen) atoms. The second-order valence-electron chi connectivity index (χ2n) is 7.39. The lowest BCUT2D eigenvalue weighted by Gasteiger charge is -2.36. The summed E-state index contributed by atoms with van der Waals surface area (Å²) >= 11 is 1.23. The number of hydrogen-bond acceptors (Lipinski definition) is 7. The monoisotopic (exact) mass is 442 g/mol. The van der Waals surface area contributed by atoms with Crippen molar-refractivity contribution in [2.45, 2.75) is 0 Å². The number of rotatable bonds is 3. The summed E-state index contributed by atoms with van der Waals surface area (Å²) in [5.74, 6) is 0.224. The van der Waals surface area contributed by atoms with Crippen molar-refractivity contribution in [2.75, 3.05) is 31.1 Å². The molecule has 0 unspecified atom stereocenters. The molecule has 0 atom stereocenters. The lowest BCUT2D eigenvalue weighted by atomic mass is 10.1. The summed E-state index contributed by atoms with van der Waals surface area (Å²) in [5.41, 5.74) is 2.79. The number of fused-ring (bicyclic) bond motifs is 1. The molecule has 5 rings (SSSR count). The molecule has 4 aromatic rings. The summed E-state index contributed by atoms with van der Waals surface area (Å²) in [4.78, 5) is 41.4. The van der Waals surface area contributed by atoms with E-state index in [1.54, 1.807) is 40.7 Å². The van der Waals surface area contributed by atoms with Gasteiger partial charge in [0.1, 0.15) is 15.9 Å². The van der Waals surface area contributed by atoms with Gasteiger partial charge in [0.05, 0.1) is 17.2 Å². The minimum atomic E-state index is -0.273. The number of anilines is 1. The fourth-order valence-electron chi connectivity index (χ4n) is 3.79. The van der Waals surface area contributed by atoms with Crippen molar-refractivity contribution in [3.05, 3.63) is 75.5 Å². The van der Waals surface area contributed by atoms with Gasteiger partial charge in [-0.2, -0.15) is 5.26 Å². The normalized spacial score (nSPS) is 13.8. The van der Waals surface area contributed by atoms with Crippen LogP contribution in [0.25, 0.3) is 21.7 Å². The van der Waals surface area contributed by atoms with Crippen molar-refractivity contribution in [1.29, 1.82) is 5.26 Å². The van der Waals surface area contributed by atoms with E-state index in [1.807, 2.05) is 18.2 Å². The summed E-state index contributed by atoms with van der Waals surface area (Å²) in [7, 11) is 0. The maximum atomic E-state index is 13.3. The molecule has 0 radical (unpaired) electrons. The molecule has 0 spiro atoms. The van der Waals surface area contributed by atoms with Gasteiger partial charge < -0.3 is 14.8 Å². The lowest BCUT2D eigenvalue weighted by molar-refractivity contribution is 0.0749. The van der Waals surface area contributed by atoms with Crippen LogP contribution in [0.1, 0.15) is 15.9 Å². The maximum Gasteiger partial charge on any atom is 0.269 e. The van der Waals surface area contributed by atoms with E-state index in [1.165, 1.54) is 11.3 Å². The third-order valence-corrected chi connectivity index (χ3v) is 6.46. The van der Waals surface area contributed by atoms with Crippen molar-refractivity contribution in [3.63, 3.8) is 0 Å². The van der Waals surface area contributed by atoms with Gasteiger partial charge in [0.2, 0.25) is 0 Å². The molecule has 8 nitrogen and oxygen atoms in total. The molecule has 1 saturated heterocycles. The Kier molecular flexibility index (Phi) is 5.13. The molecule has 3 aromatic heterocycles. The molecule has 9 heteroatoms. The zero-order valence-corrected chi connectivity index (χ0v) is 17.8. The highest BCUT2D eigenvalue weighted by Crippen LogP contribution is 2.25. The second kappa shape index (κ2) is 8.24. The first-order valence-electron chi connectivity index (χ1n) is 10.1. The van der Waals surface area contributed by atoms with Crippen LogP contribution in [0.4, 0.5) is 5.69 Å². The van der Waals surface area contributed by atoms with Crippen LogP contribution >= 0.6 is 11.3 Å². The molecule has 0 aliphatic carbocycles. The molecular weight excluding hydrogens is 424 g/mol. The number of piperazine rings is 1. The van der Waals surface area contributed by atoms with E-state index in [0.29, 0.717) is 59.0 Å². The number of aromatic amines is 1. The van der Waals surface area contributed by atoms with Gasteiger partial charge in [0.25, 0.3) is 11.5 Å². The number of benzene rings is 1. The Morgan fingerprint density at radius 1 is 1.09 bits per heavy atom. The Balaban J connectivity index is 1.38. The minimum absolute atomic E-state index is 0.124. The third-order valence-electron chi connectivity index (χ3n) is 5.49. The van der Waals surface area contributed by atoms with E-state index in [-0.39, 0.29) is 11.5 Å². The molecule has 1 amide bonds. The number of hydrogen-bond donors (Lipinski definition) is 1. The average molecular weight is 443 g/mol. The van der Waals surface area contributed by atoms with E-state index in [9.17, 15) is 9.59 Å². The zero-order valence-electron chi connectivity index (χ0n) is 17.0. The Morgan fingerprint density at radius 3 is 2.56 bits per heavy atom. The first-order valence-corrected chi connectivity index (χ1v) is 11.0. The average Bonchev–Trinajstić information content (AvgIpc) is 3.29. The molecule has 1 aromatic carbocycles. The second-order valence-corrected chi connectivity index (χ2v) is 8.27. The molecular formula is C23H18N6O2S. The number of amides is 1. The number of carbonyl (C=O) groups excluding carboxylic acids is 1. The highest BCUT2D eigenvalue weighted by atomic mass is 32.1. The van der Waals surface area contributed by atoms with Crippen molar-refractivity contribution >= 4 is 33.1 Å². The fraction of sp³-hybridized carbons (Fsp3) is 0.174. The van der Waals surface area contributed by atoms with E-state index in [0.717, 1.165) is 5.69 Å². The topological polar surface area (TPSA) is 106 Å². The van der Waals surface area contributed by atoms with Gasteiger partial charge in [-0.25, -0.2) is 4.98 Å². The molecule has 1 fully saturated rings. The van der Waals surface area contributed by atoms with Crippen molar-refractivity contribution < 1.29 is 4.79 Å². The van der Waals surface area contributed by atoms with Gasteiger partial charge in [-0.3, -0.25) is 14.6 Å². The Morgan fingerprint density at radius 2 is 1.88 bits per heavy atom. The number of nitrogens with one attached hydrogen (secondary N) is 1. The summed E-state index contributed by atoms with van der Waals surface area (Å²) in [5, 5.41) is 10.7. The highest BCUT2D eigenvalue weighted by molar-refractivity contribution is 7.17. The Bertz CT molecular complexity index is 1380. The summed E-state index contributed by atoms with van der Waals surface area (Å²) < 4.78 is 0.434. The van der Waals surface area contributed by atoms with Gasteiger partial charge in [0, 0.05) is 43.4 Å². The maximum absolute atomic E-state index is 13.3. The minimum Gasteiger partial charge on any atom is -0.368 e. The summed E-state index contributed by atoms with van der Waals surface area (Å²) in [6, 6.07) is 14.9. The summed E-state index contributed by atoms with van der Waals surface area (Å²) in [6.07, 6.45) is 1.63. The SMILES string of the molecule is N#Cc1ccc(N2CCN(C(=O)c3csc4c(=O)[nH]c(-c5ccccn5)nc34)CC2)cc1. The quantitative estimate of drug-likeness (QED) is 0.523. The molecule has 4 heterocycles. The van der Waals surface area contributed by atoms with Crippen LogP contribution in [0.15, 0.2) is 58.8 Å². The van der Waals surface area contributed by atoms with E-state index in [4.69, 9.17) is 5.26 Å². The molecule has 158 valence electrons. The van der Waals surface area contributed by atoms with Gasteiger partial charge in [-0.15, -0.1) is 11.3 Å². The van der Waals surface area contributed by atoms with Crippen LogP contribution in [0, 0.1) is 11.3 Å². The molecule has 1 aliphatic rings. The van der Waals surface area contributed by atoms with Crippen LogP contribution < -0.4 is 10.5 Å². The standard InChI is InChI=1S/C23H18N6O2S/c24-13-15-4-6-16(7-5-15)28-9-11-29(12-10-28)23(31)17-14-32-20-19(17)26-21(27-22(20)30)18-3-1-2-8-25-18/h1-8,14H,9-12H2,(H,26,27,30). The number of thiophene rings is 1. The lowest BCUT2D eigenvalue weighted by Crippen LogP contribution is -2.48. The number of pyridine rings is 1. The van der Waals surface area contributed by atoms with Crippen LogP contribution in [0.5, 0.6) is 0 Å². The van der Waals surface area contributed by atoms with Crippen LogP contribution in [-0.4, -0.2) is 51.9 Å². The van der Waals surface area contributed by atoms with Crippen molar-refractivity contribution in [1.82, 2.24) is 19.9 Å². The van der Waals surface area contributed by atoms with E-state index in [2.05, 4.69) is 25.9 Å². The van der Waals surface area contributed by atoms with Gasteiger partial charge in [-0.1, -0.05) is 6.07 Å². The molecule has 0 saturated carbocycles. The van der Waals surface area contributed by atoms with Crippen LogP contribution in [0.2, 0.25) is 0 Å². The Labute approximate surface area is 187 Å². The largest absolute Gasteiger partial charge is 0.368 e. The highest BCUT2D eigenvalue weighted by Gasteiger charge is 2.26. The third kappa shape index (κ3) is 3.61. The van der Waals surface area contributed by atoms with Gasteiger partial charge >= 0.3 is 0 Å². The smallest absolute Gasteiger partial charge is 0.269 e. The number of nitriles is 1. The Hall–Kier alpha value is -4.03. The number of nitrogens with zero attached hydrogens (tertiary/aromatic N) is 5. The first-order chi connectivity index (χ1) is 15.6. The fourth-order valence-corrected chi connectivity index (χ4v) is 4.66. The van der Waals surface area contributed by atoms with E-state index < -0.39 is 0 Å². The zero-order chi connectivity index (χ0) is 22.1. The summed E-state index contributed by atoms with van der Waals surface area (Å²) in [6.45, 7) is 2.50. The van der Waals surface area contributed by atoms with Crippen LogP contribution in [0.3, 0.4) is 0 Å². The molecule has 1 N–H and O–H groups in total. The van der Waals surface area contributed by atoms with Crippen LogP contribution in [-0.2, 0) is 0 Å². The first kappa shape index (κ1) is 19.9. The predicted molar refractivity (Wildman–Crippen MR) is 123 cm³/mol. The molecule has 1 aliphatic heterocycles. The number of carbonyl (C=O) groups is 1. The van der Waals surface area contributed by atoms with Gasteiger partial charge in [-0.05, 0) is 36.4 Å². The number of H-pyrrole nitrogens is 1. The van der Waals surface area contributed by atoms with Crippen molar-refractivity contribution in [2.24, 2.45) is 0 Å². The number of aromatic nitrogens is 3. The molecule has 0 bridgehead atoms. The van der Waals surface area contributed by atoms with Gasteiger partial charge in [0.15, 0.2) is 5.82 Å². The van der Waals surface area contributed by atoms with Crippen molar-refractivity contribution in [3.8, 4) is 17.6 Å². The van der Waals surface area contributed by atoms with E-state index >= 15 is 0 Å². The predicted octanol–water partition coefficient (Wildman–Crippen LogP) is 2.88.